The van der Waals surface area contributed by atoms with Crippen LogP contribution in [0.25, 0.3) is 0 Å². The van der Waals surface area contributed by atoms with Crippen LogP contribution in [-0.4, -0.2) is 49.2 Å². The molecule has 0 aromatic heterocycles. The maximum Gasteiger partial charge on any atom is 0.309 e. The van der Waals surface area contributed by atoms with Gasteiger partial charge in [0.2, 0.25) is 0 Å². The topological polar surface area (TPSA) is 26.8 Å². The fraction of sp³-hybridized carbons (Fsp3) is 0.818. The second-order valence-corrected chi connectivity index (χ2v) is 7.49. The summed E-state index contributed by atoms with van der Waals surface area (Å²) in [5.41, 5.74) is 1.13. The monoisotopic (exact) mass is 247 g/mol. The molecule has 0 bridgehead atoms. The van der Waals surface area contributed by atoms with Gasteiger partial charge in [-0.1, -0.05) is 19.4 Å². The number of rotatable bonds is 6. The van der Waals surface area contributed by atoms with Gasteiger partial charge in [-0.3, -0.25) is 4.57 Å². The molecule has 0 aliphatic carbocycles. The third-order valence-electron chi connectivity index (χ3n) is 2.69. The van der Waals surface area contributed by atoms with E-state index >= 15 is 0 Å². The third kappa shape index (κ3) is 3.09. The highest BCUT2D eigenvalue weighted by Crippen LogP contribution is 2.54. The predicted octanol–water partition coefficient (Wildman–Crippen LogP) is 2.85. The number of nitrogens with zero attached hydrogens (tertiary/aromatic N) is 3. The summed E-state index contributed by atoms with van der Waals surface area (Å²) >= 11 is 0. The smallest absolute Gasteiger partial charge is 0.306 e. The molecular formula is C11H26N3OP. The van der Waals surface area contributed by atoms with Gasteiger partial charge in [-0.2, -0.15) is 0 Å². The molecule has 0 saturated carbocycles. The van der Waals surface area contributed by atoms with Crippen LogP contribution in [0.1, 0.15) is 26.7 Å². The first-order valence-corrected chi connectivity index (χ1v) is 7.23. The Bertz CT molecular complexity index is 275. The van der Waals surface area contributed by atoms with E-state index in [4.69, 9.17) is 0 Å². The van der Waals surface area contributed by atoms with Gasteiger partial charge in [0.05, 0.1) is 0 Å². The largest absolute Gasteiger partial charge is 0.309 e. The van der Waals surface area contributed by atoms with E-state index in [0.29, 0.717) is 0 Å². The Morgan fingerprint density at radius 3 is 1.81 bits per heavy atom. The molecule has 0 amide bonds. The van der Waals surface area contributed by atoms with Gasteiger partial charge in [0.1, 0.15) is 0 Å². The Balaban J connectivity index is 5.18. The first-order chi connectivity index (χ1) is 7.32. The molecule has 5 heteroatoms. The summed E-state index contributed by atoms with van der Waals surface area (Å²) < 4.78 is 18.4. The number of hydrogen-bond donors (Lipinski definition) is 0. The van der Waals surface area contributed by atoms with Crippen molar-refractivity contribution in [2.24, 2.45) is 0 Å². The van der Waals surface area contributed by atoms with E-state index in [1.165, 1.54) is 0 Å². The van der Waals surface area contributed by atoms with E-state index in [0.717, 1.165) is 18.5 Å². The molecule has 16 heavy (non-hydrogen) atoms. The molecule has 0 atom stereocenters. The second kappa shape index (κ2) is 6.43. The summed E-state index contributed by atoms with van der Waals surface area (Å²) in [6.45, 7) is 4.13. The van der Waals surface area contributed by atoms with Gasteiger partial charge < -0.3 is 4.67 Å². The molecule has 0 aromatic rings. The lowest BCUT2D eigenvalue weighted by Crippen LogP contribution is -2.32. The lowest BCUT2D eigenvalue weighted by Gasteiger charge is -2.39. The summed E-state index contributed by atoms with van der Waals surface area (Å²) in [6, 6.07) is 0. The minimum absolute atomic E-state index is 0.957. The molecule has 0 aliphatic rings. The highest BCUT2D eigenvalue weighted by molar-refractivity contribution is 7.56. The van der Waals surface area contributed by atoms with Gasteiger partial charge in [-0.05, 0) is 41.5 Å². The van der Waals surface area contributed by atoms with E-state index in [-0.39, 0.29) is 0 Å². The molecule has 0 fully saturated rings. The van der Waals surface area contributed by atoms with Crippen LogP contribution >= 0.6 is 7.59 Å². The lowest BCUT2D eigenvalue weighted by molar-refractivity contribution is 0.381. The van der Waals surface area contributed by atoms with Crippen molar-refractivity contribution >= 4 is 7.59 Å². The maximum absolute atomic E-state index is 12.9. The van der Waals surface area contributed by atoms with Crippen molar-refractivity contribution in [2.75, 3.05) is 35.2 Å². The van der Waals surface area contributed by atoms with Gasteiger partial charge in [0.15, 0.2) is 0 Å². The first-order valence-electron chi connectivity index (χ1n) is 5.67. The Hall–Kier alpha value is -0.310. The molecule has 0 spiro atoms. The fourth-order valence-corrected chi connectivity index (χ4v) is 4.15. The van der Waals surface area contributed by atoms with Crippen molar-refractivity contribution in [3.05, 3.63) is 11.8 Å². The highest BCUT2D eigenvalue weighted by Gasteiger charge is 2.33. The normalized spacial score (nSPS) is 13.7. The van der Waals surface area contributed by atoms with E-state index in [2.05, 4.69) is 6.92 Å². The van der Waals surface area contributed by atoms with Crippen LogP contribution in [-0.2, 0) is 4.57 Å². The van der Waals surface area contributed by atoms with Crippen molar-refractivity contribution in [3.8, 4) is 0 Å². The molecule has 4 nitrogen and oxygen atoms in total. The van der Waals surface area contributed by atoms with E-state index in [1.807, 2.05) is 52.9 Å². The third-order valence-corrected chi connectivity index (χ3v) is 5.81. The van der Waals surface area contributed by atoms with Crippen molar-refractivity contribution in [3.63, 3.8) is 0 Å². The van der Waals surface area contributed by atoms with Crippen LogP contribution in [0.2, 0.25) is 0 Å². The zero-order valence-corrected chi connectivity index (χ0v) is 12.6. The zero-order valence-electron chi connectivity index (χ0n) is 11.7. The molecule has 0 aromatic carbocycles. The molecule has 0 heterocycles. The molecule has 0 radical (unpaired) electrons. The standard InChI is InChI=1S/C11H26N3OP/c1-8-10-11(9-2)14(7)16(15,12(3)4)13(5)6/h9H,8,10H2,1-7H3/b11-9+. The summed E-state index contributed by atoms with van der Waals surface area (Å²) in [5.74, 6) is 0. The summed E-state index contributed by atoms with van der Waals surface area (Å²) in [6.07, 6.45) is 4.06. The van der Waals surface area contributed by atoms with Gasteiger partial charge in [-0.25, -0.2) is 9.34 Å². The average Bonchev–Trinajstić information content (AvgIpc) is 2.22. The summed E-state index contributed by atoms with van der Waals surface area (Å²) in [4.78, 5) is 0. The second-order valence-electron chi connectivity index (χ2n) is 4.26. The minimum atomic E-state index is -2.62. The summed E-state index contributed by atoms with van der Waals surface area (Å²) in [7, 11) is 6.71. The van der Waals surface area contributed by atoms with E-state index in [1.54, 1.807) is 9.34 Å². The van der Waals surface area contributed by atoms with Crippen molar-refractivity contribution in [1.29, 1.82) is 0 Å². The number of allylic oxidation sites excluding steroid dienone is 2. The van der Waals surface area contributed by atoms with Crippen LogP contribution in [0.4, 0.5) is 0 Å². The zero-order chi connectivity index (χ0) is 12.9. The van der Waals surface area contributed by atoms with Crippen molar-refractivity contribution in [1.82, 2.24) is 14.0 Å². The predicted molar refractivity (Wildman–Crippen MR) is 71.4 cm³/mol. The Kier molecular flexibility index (Phi) is 6.31. The van der Waals surface area contributed by atoms with Crippen molar-refractivity contribution in [2.45, 2.75) is 26.7 Å². The summed E-state index contributed by atoms with van der Waals surface area (Å²) in [5, 5.41) is 0. The van der Waals surface area contributed by atoms with Crippen LogP contribution in [0.5, 0.6) is 0 Å². The molecule has 0 N–H and O–H groups in total. The average molecular weight is 247 g/mol. The maximum atomic E-state index is 12.9. The van der Waals surface area contributed by atoms with Gasteiger partial charge in [-0.15, -0.1) is 0 Å². The Morgan fingerprint density at radius 2 is 1.56 bits per heavy atom. The molecule has 0 rings (SSSR count). The van der Waals surface area contributed by atoms with Crippen LogP contribution < -0.4 is 0 Å². The van der Waals surface area contributed by atoms with Crippen LogP contribution in [0, 0.1) is 0 Å². The van der Waals surface area contributed by atoms with Crippen molar-refractivity contribution < 1.29 is 4.57 Å². The van der Waals surface area contributed by atoms with E-state index < -0.39 is 7.59 Å². The molecule has 0 saturated heterocycles. The van der Waals surface area contributed by atoms with E-state index in [9.17, 15) is 4.57 Å². The molecule has 96 valence electrons. The molecule has 0 unspecified atom stereocenters. The SMILES string of the molecule is C/C=C(\CCC)N(C)P(=O)(N(C)C)N(C)C. The quantitative estimate of drug-likeness (QED) is 0.674. The highest BCUT2D eigenvalue weighted by atomic mass is 31.2. The van der Waals surface area contributed by atoms with Crippen LogP contribution in [0.15, 0.2) is 11.8 Å². The Morgan fingerprint density at radius 1 is 1.12 bits per heavy atom. The van der Waals surface area contributed by atoms with Crippen LogP contribution in [0.3, 0.4) is 0 Å². The minimum Gasteiger partial charge on any atom is -0.306 e. The first kappa shape index (κ1) is 15.7. The molecule has 0 aliphatic heterocycles. The van der Waals surface area contributed by atoms with Gasteiger partial charge >= 0.3 is 7.59 Å². The molecular weight excluding hydrogens is 221 g/mol. The number of hydrogen-bond acceptors (Lipinski definition) is 1. The Labute approximate surface area is 100 Å². The fourth-order valence-electron chi connectivity index (χ4n) is 1.81. The van der Waals surface area contributed by atoms with Gasteiger partial charge in [0, 0.05) is 12.7 Å². The lowest BCUT2D eigenvalue weighted by atomic mass is 10.2. The van der Waals surface area contributed by atoms with Gasteiger partial charge in [0.25, 0.3) is 0 Å².